The number of aryl methyl sites for hydroxylation is 1. The summed E-state index contributed by atoms with van der Waals surface area (Å²) >= 11 is 0. The molecule has 0 radical (unpaired) electrons. The van der Waals surface area contributed by atoms with Gasteiger partial charge in [0.1, 0.15) is 5.82 Å². The molecule has 1 saturated heterocycles. The minimum absolute atomic E-state index is 0.0931. The van der Waals surface area contributed by atoms with Gasteiger partial charge in [0.25, 0.3) is 5.56 Å². The minimum atomic E-state index is -0.121. The van der Waals surface area contributed by atoms with E-state index in [2.05, 4.69) is 9.97 Å². The molecule has 3 rings (SSSR count). The van der Waals surface area contributed by atoms with Gasteiger partial charge in [-0.05, 0) is 25.7 Å². The Morgan fingerprint density at radius 1 is 1.50 bits per heavy atom. The quantitative estimate of drug-likeness (QED) is 0.865. The summed E-state index contributed by atoms with van der Waals surface area (Å²) in [6, 6.07) is 0. The zero-order valence-corrected chi connectivity index (χ0v) is 11.6. The summed E-state index contributed by atoms with van der Waals surface area (Å²) in [5, 5.41) is 0. The van der Waals surface area contributed by atoms with E-state index in [-0.39, 0.29) is 11.5 Å². The van der Waals surface area contributed by atoms with Crippen molar-refractivity contribution in [2.24, 2.45) is 5.92 Å². The Bertz CT molecular complexity index is 576. The zero-order chi connectivity index (χ0) is 14.1. The van der Waals surface area contributed by atoms with Gasteiger partial charge in [-0.2, -0.15) is 0 Å². The molecule has 0 spiro atoms. The second kappa shape index (κ2) is 5.36. The number of hydrogen-bond donors (Lipinski definition) is 1. The van der Waals surface area contributed by atoms with Crippen molar-refractivity contribution in [3.63, 3.8) is 0 Å². The molecule has 6 nitrogen and oxygen atoms in total. The Morgan fingerprint density at radius 3 is 3.10 bits per heavy atom. The van der Waals surface area contributed by atoms with Crippen LogP contribution in [-0.2, 0) is 22.6 Å². The summed E-state index contributed by atoms with van der Waals surface area (Å²) in [6.07, 6.45) is 2.58. The molecule has 1 unspecified atom stereocenters. The Kier molecular flexibility index (Phi) is 3.56. The van der Waals surface area contributed by atoms with E-state index in [0.29, 0.717) is 43.4 Å². The average Bonchev–Trinajstić information content (AvgIpc) is 2.84. The maximum absolute atomic E-state index is 12.3. The molecule has 1 atom stereocenters. The Balaban J connectivity index is 1.67. The van der Waals surface area contributed by atoms with Crippen molar-refractivity contribution in [3.8, 4) is 0 Å². The van der Waals surface area contributed by atoms with Crippen LogP contribution in [0.5, 0.6) is 0 Å². The highest BCUT2D eigenvalue weighted by Gasteiger charge is 2.29. The summed E-state index contributed by atoms with van der Waals surface area (Å²) in [5.41, 5.74) is 1.24. The van der Waals surface area contributed by atoms with Gasteiger partial charge in [0.2, 0.25) is 5.91 Å². The highest BCUT2D eigenvalue weighted by molar-refractivity contribution is 5.77. The maximum Gasteiger partial charge on any atom is 0.256 e. The van der Waals surface area contributed by atoms with Crippen LogP contribution in [0, 0.1) is 12.8 Å². The van der Waals surface area contributed by atoms with E-state index in [1.54, 1.807) is 11.8 Å². The standard InChI is InChI=1S/C14H19N3O3/c1-9-15-12-7-17(6-11(12)14(19)16-9)13(18)5-10-3-2-4-20-8-10/h10H,2-8H2,1H3,(H,15,16,19). The SMILES string of the molecule is Cc1nc2c(c(=O)[nH]1)CN(C(=O)CC1CCCOC1)C2. The van der Waals surface area contributed by atoms with E-state index in [1.807, 2.05) is 0 Å². The molecule has 2 aliphatic rings. The molecular formula is C14H19N3O3. The number of nitrogens with one attached hydrogen (secondary N) is 1. The first-order valence-corrected chi connectivity index (χ1v) is 7.07. The second-order valence-electron chi connectivity index (χ2n) is 5.61. The highest BCUT2D eigenvalue weighted by atomic mass is 16.5. The molecule has 1 aromatic rings. The first kappa shape index (κ1) is 13.3. The number of fused-ring (bicyclic) bond motifs is 1. The number of aromatic amines is 1. The summed E-state index contributed by atoms with van der Waals surface area (Å²) in [6.45, 7) is 4.06. The van der Waals surface area contributed by atoms with Crippen molar-refractivity contribution in [1.29, 1.82) is 0 Å². The van der Waals surface area contributed by atoms with E-state index in [1.165, 1.54) is 0 Å². The molecule has 3 heterocycles. The molecule has 1 N–H and O–H groups in total. The molecule has 0 aliphatic carbocycles. The van der Waals surface area contributed by atoms with Crippen LogP contribution in [0.4, 0.5) is 0 Å². The normalized spacial score (nSPS) is 21.9. The Labute approximate surface area is 117 Å². The molecule has 1 amide bonds. The van der Waals surface area contributed by atoms with Crippen LogP contribution in [0.25, 0.3) is 0 Å². The largest absolute Gasteiger partial charge is 0.381 e. The predicted octanol–water partition coefficient (Wildman–Crippen LogP) is 0.737. The van der Waals surface area contributed by atoms with E-state index < -0.39 is 0 Å². The van der Waals surface area contributed by atoms with Gasteiger partial charge in [0, 0.05) is 19.6 Å². The van der Waals surface area contributed by atoms with Crippen molar-refractivity contribution < 1.29 is 9.53 Å². The smallest absolute Gasteiger partial charge is 0.256 e. The lowest BCUT2D eigenvalue weighted by molar-refractivity contribution is -0.133. The number of nitrogens with zero attached hydrogens (tertiary/aromatic N) is 2. The first-order chi connectivity index (χ1) is 9.63. The van der Waals surface area contributed by atoms with E-state index in [4.69, 9.17) is 4.74 Å². The van der Waals surface area contributed by atoms with Crippen molar-refractivity contribution in [1.82, 2.24) is 14.9 Å². The van der Waals surface area contributed by atoms with E-state index in [9.17, 15) is 9.59 Å². The van der Waals surface area contributed by atoms with Crippen LogP contribution >= 0.6 is 0 Å². The lowest BCUT2D eigenvalue weighted by atomic mass is 9.98. The molecule has 20 heavy (non-hydrogen) atoms. The fourth-order valence-corrected chi connectivity index (χ4v) is 2.91. The summed E-state index contributed by atoms with van der Waals surface area (Å²) in [4.78, 5) is 32.9. The maximum atomic E-state index is 12.3. The number of rotatable bonds is 2. The van der Waals surface area contributed by atoms with Crippen LogP contribution in [-0.4, -0.2) is 34.0 Å². The first-order valence-electron chi connectivity index (χ1n) is 7.07. The van der Waals surface area contributed by atoms with Crippen molar-refractivity contribution in [2.45, 2.75) is 39.3 Å². The third-order valence-corrected chi connectivity index (χ3v) is 3.98. The van der Waals surface area contributed by atoms with Gasteiger partial charge in [-0.15, -0.1) is 0 Å². The molecule has 0 bridgehead atoms. The number of carbonyl (C=O) groups excluding carboxylic acids is 1. The molecule has 0 aromatic carbocycles. The third kappa shape index (κ3) is 2.60. The van der Waals surface area contributed by atoms with Crippen LogP contribution in [0.3, 0.4) is 0 Å². The van der Waals surface area contributed by atoms with Crippen LogP contribution in [0.15, 0.2) is 4.79 Å². The minimum Gasteiger partial charge on any atom is -0.381 e. The van der Waals surface area contributed by atoms with Crippen molar-refractivity contribution in [3.05, 3.63) is 27.4 Å². The van der Waals surface area contributed by atoms with Gasteiger partial charge in [-0.3, -0.25) is 9.59 Å². The number of ether oxygens (including phenoxy) is 1. The lowest BCUT2D eigenvalue weighted by Crippen LogP contribution is -2.30. The number of hydrogen-bond acceptors (Lipinski definition) is 4. The molecular weight excluding hydrogens is 258 g/mol. The van der Waals surface area contributed by atoms with Crippen molar-refractivity contribution in [2.75, 3.05) is 13.2 Å². The summed E-state index contributed by atoms with van der Waals surface area (Å²) in [7, 11) is 0. The predicted molar refractivity (Wildman–Crippen MR) is 72.0 cm³/mol. The van der Waals surface area contributed by atoms with Gasteiger partial charge < -0.3 is 14.6 Å². The molecule has 1 fully saturated rings. The average molecular weight is 277 g/mol. The number of carbonyl (C=O) groups is 1. The molecule has 0 saturated carbocycles. The van der Waals surface area contributed by atoms with Gasteiger partial charge in [0.15, 0.2) is 0 Å². The van der Waals surface area contributed by atoms with Gasteiger partial charge >= 0.3 is 0 Å². The fraction of sp³-hybridized carbons (Fsp3) is 0.643. The number of H-pyrrole nitrogens is 1. The monoisotopic (exact) mass is 277 g/mol. The van der Waals surface area contributed by atoms with Crippen LogP contribution < -0.4 is 5.56 Å². The Morgan fingerprint density at radius 2 is 2.35 bits per heavy atom. The van der Waals surface area contributed by atoms with Crippen LogP contribution in [0.2, 0.25) is 0 Å². The summed E-state index contributed by atoms with van der Waals surface area (Å²) < 4.78 is 5.40. The lowest BCUT2D eigenvalue weighted by Gasteiger charge is -2.24. The third-order valence-electron chi connectivity index (χ3n) is 3.98. The number of aromatic nitrogens is 2. The molecule has 2 aliphatic heterocycles. The zero-order valence-electron chi connectivity index (χ0n) is 11.6. The van der Waals surface area contributed by atoms with E-state index >= 15 is 0 Å². The van der Waals surface area contributed by atoms with Gasteiger partial charge in [-0.1, -0.05) is 0 Å². The fourth-order valence-electron chi connectivity index (χ4n) is 2.91. The Hall–Kier alpha value is -1.69. The molecule has 6 heteroatoms. The highest BCUT2D eigenvalue weighted by Crippen LogP contribution is 2.22. The van der Waals surface area contributed by atoms with Gasteiger partial charge in [0.05, 0.1) is 24.3 Å². The second-order valence-corrected chi connectivity index (χ2v) is 5.61. The van der Waals surface area contributed by atoms with E-state index in [0.717, 1.165) is 25.1 Å². The van der Waals surface area contributed by atoms with Gasteiger partial charge in [-0.25, -0.2) is 4.98 Å². The topological polar surface area (TPSA) is 75.3 Å². The van der Waals surface area contributed by atoms with Crippen molar-refractivity contribution >= 4 is 5.91 Å². The summed E-state index contributed by atoms with van der Waals surface area (Å²) in [5.74, 6) is 1.01. The molecule has 108 valence electrons. The molecule has 1 aromatic heterocycles. The number of amides is 1. The van der Waals surface area contributed by atoms with Crippen LogP contribution in [0.1, 0.15) is 36.3 Å².